The average Bonchev–Trinajstić information content (AvgIpc) is 3.22. The number of thioether (sulfide) groups is 1. The Labute approximate surface area is 171 Å². The first-order valence-corrected chi connectivity index (χ1v) is 10.4. The molecule has 0 unspecified atom stereocenters. The molecule has 26 heavy (non-hydrogen) atoms. The van der Waals surface area contributed by atoms with Crippen LogP contribution in [-0.4, -0.2) is 48.1 Å². The van der Waals surface area contributed by atoms with Crippen molar-refractivity contribution < 1.29 is 19.0 Å². The zero-order chi connectivity index (χ0) is 18.7. The maximum atomic E-state index is 12.8. The zero-order valence-corrected chi connectivity index (χ0v) is 17.8. The highest BCUT2D eigenvalue weighted by atomic mass is 79.9. The zero-order valence-electron chi connectivity index (χ0n) is 14.6. The van der Waals surface area contributed by atoms with Crippen LogP contribution in [0.5, 0.6) is 11.5 Å². The topological polar surface area (TPSA) is 48.0 Å². The molecule has 2 fully saturated rings. The molecule has 3 rings (SSSR count). The Kier molecular flexibility index (Phi) is 6.60. The molecule has 0 aromatic heterocycles. The smallest absolute Gasteiger partial charge is 0.266 e. The number of hydrogen-bond donors (Lipinski definition) is 0. The molecule has 8 heteroatoms. The average molecular weight is 458 g/mol. The predicted octanol–water partition coefficient (Wildman–Crippen LogP) is 4.24. The molecule has 1 aromatic carbocycles. The molecule has 140 valence electrons. The molecule has 1 atom stereocenters. The number of amides is 1. The van der Waals surface area contributed by atoms with Crippen molar-refractivity contribution in [2.75, 3.05) is 26.9 Å². The highest BCUT2D eigenvalue weighted by Crippen LogP contribution is 2.38. The summed E-state index contributed by atoms with van der Waals surface area (Å²) < 4.78 is 18.0. The van der Waals surface area contributed by atoms with E-state index in [1.54, 1.807) is 12.0 Å². The van der Waals surface area contributed by atoms with Crippen molar-refractivity contribution in [2.24, 2.45) is 0 Å². The highest BCUT2D eigenvalue weighted by molar-refractivity contribution is 9.10. The van der Waals surface area contributed by atoms with Crippen molar-refractivity contribution in [3.63, 3.8) is 0 Å². The summed E-state index contributed by atoms with van der Waals surface area (Å²) in [6, 6.07) is 3.70. The van der Waals surface area contributed by atoms with Crippen LogP contribution in [0.1, 0.15) is 25.3 Å². The van der Waals surface area contributed by atoms with Crippen molar-refractivity contribution in [1.82, 2.24) is 4.90 Å². The van der Waals surface area contributed by atoms with Gasteiger partial charge < -0.3 is 14.2 Å². The lowest BCUT2D eigenvalue weighted by molar-refractivity contribution is -0.123. The quantitative estimate of drug-likeness (QED) is 0.470. The van der Waals surface area contributed by atoms with Crippen LogP contribution in [0.2, 0.25) is 0 Å². The number of thiocarbonyl (C=S) groups is 1. The summed E-state index contributed by atoms with van der Waals surface area (Å²) in [7, 11) is 1.60. The highest BCUT2D eigenvalue weighted by Gasteiger charge is 2.34. The summed E-state index contributed by atoms with van der Waals surface area (Å²) in [4.78, 5) is 15.0. The van der Waals surface area contributed by atoms with Crippen LogP contribution in [0.25, 0.3) is 6.08 Å². The Morgan fingerprint density at radius 1 is 1.46 bits per heavy atom. The van der Waals surface area contributed by atoms with E-state index >= 15 is 0 Å². The van der Waals surface area contributed by atoms with Crippen molar-refractivity contribution in [3.05, 3.63) is 27.1 Å². The second-order valence-electron chi connectivity index (χ2n) is 5.88. The van der Waals surface area contributed by atoms with Gasteiger partial charge in [-0.15, -0.1) is 0 Å². The number of nitrogens with zero attached hydrogens (tertiary/aromatic N) is 1. The van der Waals surface area contributed by atoms with Gasteiger partial charge in [0.2, 0.25) is 0 Å². The lowest BCUT2D eigenvalue weighted by Gasteiger charge is -2.18. The van der Waals surface area contributed by atoms with Gasteiger partial charge in [0, 0.05) is 11.1 Å². The molecule has 1 amide bonds. The van der Waals surface area contributed by atoms with E-state index in [2.05, 4.69) is 15.9 Å². The van der Waals surface area contributed by atoms with Crippen LogP contribution in [0.4, 0.5) is 0 Å². The summed E-state index contributed by atoms with van der Waals surface area (Å²) >= 11 is 10.3. The maximum Gasteiger partial charge on any atom is 0.266 e. The standard InChI is InChI=1S/C18H20BrNO4S2/c1-3-23-15-7-11(13(19)9-14(15)22-2)8-16-17(21)20(18(25)26-16)10-12-5-4-6-24-12/h7-9,12H,3-6,10H2,1-2H3/b16-8-/t12-/m1/s1. The van der Waals surface area contributed by atoms with Gasteiger partial charge in [-0.25, -0.2) is 0 Å². The lowest BCUT2D eigenvalue weighted by atomic mass is 10.1. The van der Waals surface area contributed by atoms with E-state index in [0.717, 1.165) is 29.5 Å². The molecule has 2 aliphatic rings. The van der Waals surface area contributed by atoms with Gasteiger partial charge in [0.25, 0.3) is 5.91 Å². The second-order valence-corrected chi connectivity index (χ2v) is 8.42. The van der Waals surface area contributed by atoms with E-state index in [9.17, 15) is 4.79 Å². The Morgan fingerprint density at radius 3 is 2.92 bits per heavy atom. The van der Waals surface area contributed by atoms with Gasteiger partial charge in [-0.3, -0.25) is 9.69 Å². The van der Waals surface area contributed by atoms with Crippen LogP contribution in [0, 0.1) is 0 Å². The molecular formula is C18H20BrNO4S2. The van der Waals surface area contributed by atoms with E-state index in [1.807, 2.05) is 25.1 Å². The molecule has 0 radical (unpaired) electrons. The van der Waals surface area contributed by atoms with E-state index < -0.39 is 0 Å². The SMILES string of the molecule is CCOc1cc(/C=C2\SC(=S)N(C[C@H]3CCCO3)C2=O)c(Br)cc1OC. The third-order valence-electron chi connectivity index (χ3n) is 4.15. The Bertz CT molecular complexity index is 747. The van der Waals surface area contributed by atoms with Crippen LogP contribution in [-0.2, 0) is 9.53 Å². The number of benzene rings is 1. The third kappa shape index (κ3) is 4.24. The first-order chi connectivity index (χ1) is 12.5. The molecule has 0 aliphatic carbocycles. The molecule has 0 saturated carbocycles. The minimum Gasteiger partial charge on any atom is -0.493 e. The maximum absolute atomic E-state index is 12.8. The van der Waals surface area contributed by atoms with Crippen LogP contribution < -0.4 is 9.47 Å². The number of methoxy groups -OCH3 is 1. The Hall–Kier alpha value is -1.09. The molecule has 5 nitrogen and oxygen atoms in total. The number of carbonyl (C=O) groups excluding carboxylic acids is 1. The van der Waals surface area contributed by atoms with Crippen molar-refractivity contribution in [1.29, 1.82) is 0 Å². The summed E-state index contributed by atoms with van der Waals surface area (Å²) in [5.41, 5.74) is 0.840. The number of ether oxygens (including phenoxy) is 3. The van der Waals surface area contributed by atoms with Crippen molar-refractivity contribution >= 4 is 56.2 Å². The first-order valence-electron chi connectivity index (χ1n) is 8.40. The number of rotatable bonds is 6. The van der Waals surface area contributed by atoms with Gasteiger partial charge in [-0.2, -0.15) is 0 Å². The normalized spacial score (nSPS) is 21.7. The fourth-order valence-electron chi connectivity index (χ4n) is 2.88. The van der Waals surface area contributed by atoms with Crippen LogP contribution >= 0.6 is 39.9 Å². The van der Waals surface area contributed by atoms with Crippen LogP contribution in [0.3, 0.4) is 0 Å². The number of halogens is 1. The minimum atomic E-state index is -0.0730. The van der Waals surface area contributed by atoms with Gasteiger partial charge in [-0.05, 0) is 43.5 Å². The lowest BCUT2D eigenvalue weighted by Crippen LogP contribution is -2.35. The molecule has 2 saturated heterocycles. The monoisotopic (exact) mass is 457 g/mol. The first kappa shape index (κ1) is 19.7. The summed E-state index contributed by atoms with van der Waals surface area (Å²) in [5, 5.41) is 0. The Morgan fingerprint density at radius 2 is 2.27 bits per heavy atom. The molecule has 1 aromatic rings. The largest absolute Gasteiger partial charge is 0.493 e. The van der Waals surface area contributed by atoms with E-state index in [0.29, 0.717) is 33.9 Å². The predicted molar refractivity (Wildman–Crippen MR) is 111 cm³/mol. The van der Waals surface area contributed by atoms with Gasteiger partial charge in [0.15, 0.2) is 11.5 Å². The van der Waals surface area contributed by atoms with E-state index in [4.69, 9.17) is 26.4 Å². The third-order valence-corrected chi connectivity index (χ3v) is 6.22. The molecule has 0 N–H and O–H groups in total. The van der Waals surface area contributed by atoms with Crippen molar-refractivity contribution in [3.8, 4) is 11.5 Å². The summed E-state index contributed by atoms with van der Waals surface area (Å²) in [6.07, 6.45) is 3.92. The Balaban J connectivity index is 1.84. The van der Waals surface area contributed by atoms with E-state index in [-0.39, 0.29) is 12.0 Å². The minimum absolute atomic E-state index is 0.0730. The fraction of sp³-hybridized carbons (Fsp3) is 0.444. The van der Waals surface area contributed by atoms with Gasteiger partial charge in [0.1, 0.15) is 4.32 Å². The fourth-order valence-corrected chi connectivity index (χ4v) is 4.58. The van der Waals surface area contributed by atoms with Crippen LogP contribution in [0.15, 0.2) is 21.5 Å². The van der Waals surface area contributed by atoms with Gasteiger partial charge >= 0.3 is 0 Å². The van der Waals surface area contributed by atoms with Crippen molar-refractivity contribution in [2.45, 2.75) is 25.9 Å². The van der Waals surface area contributed by atoms with Gasteiger partial charge in [-0.1, -0.05) is 39.9 Å². The molecule has 0 bridgehead atoms. The number of hydrogen-bond acceptors (Lipinski definition) is 6. The molecule has 0 spiro atoms. The summed E-state index contributed by atoms with van der Waals surface area (Å²) in [5.74, 6) is 1.21. The molecule has 2 heterocycles. The number of carbonyl (C=O) groups is 1. The molecular weight excluding hydrogens is 438 g/mol. The summed E-state index contributed by atoms with van der Waals surface area (Å²) in [6.45, 7) is 3.72. The molecule has 2 aliphatic heterocycles. The second kappa shape index (κ2) is 8.73. The van der Waals surface area contributed by atoms with E-state index in [1.165, 1.54) is 11.8 Å². The van der Waals surface area contributed by atoms with Gasteiger partial charge in [0.05, 0.1) is 31.3 Å².